The summed E-state index contributed by atoms with van der Waals surface area (Å²) in [5.74, 6) is 0. The molecular formula is C13H16N4O5. The van der Waals surface area contributed by atoms with E-state index in [1.165, 1.54) is 29.2 Å². The minimum Gasteiger partial charge on any atom is -0.448 e. The lowest BCUT2D eigenvalue weighted by Gasteiger charge is -2.19. The molecule has 9 nitrogen and oxygen atoms in total. The average molecular weight is 308 g/mol. The van der Waals surface area contributed by atoms with Crippen LogP contribution in [0, 0.1) is 10.1 Å². The zero-order valence-corrected chi connectivity index (χ0v) is 11.9. The summed E-state index contributed by atoms with van der Waals surface area (Å²) < 4.78 is 4.80. The Balaban J connectivity index is 1.81. The Labute approximate surface area is 126 Å². The van der Waals surface area contributed by atoms with Crippen LogP contribution in [0.5, 0.6) is 0 Å². The van der Waals surface area contributed by atoms with Gasteiger partial charge in [0.25, 0.3) is 5.69 Å². The van der Waals surface area contributed by atoms with E-state index in [9.17, 15) is 19.7 Å². The van der Waals surface area contributed by atoms with Crippen molar-refractivity contribution in [1.82, 2.24) is 10.2 Å². The summed E-state index contributed by atoms with van der Waals surface area (Å²) in [6.45, 7) is 2.99. The molecule has 0 spiro atoms. The fraction of sp³-hybridized carbons (Fsp3) is 0.385. The molecule has 1 aliphatic heterocycles. The molecule has 118 valence electrons. The topological polar surface area (TPSA) is 114 Å². The van der Waals surface area contributed by atoms with Crippen molar-refractivity contribution < 1.29 is 19.2 Å². The maximum atomic E-state index is 11.8. The summed E-state index contributed by atoms with van der Waals surface area (Å²) in [5, 5.41) is 15.8. The first kappa shape index (κ1) is 15.5. The summed E-state index contributed by atoms with van der Waals surface area (Å²) in [5.41, 5.74) is 0.391. The molecule has 1 atom stereocenters. The Hall–Kier alpha value is -2.84. The van der Waals surface area contributed by atoms with Crippen LogP contribution in [-0.4, -0.2) is 47.7 Å². The number of ether oxygens (including phenoxy) is 1. The second-order valence-electron chi connectivity index (χ2n) is 4.86. The molecule has 1 heterocycles. The normalized spacial score (nSPS) is 15.1. The average Bonchev–Trinajstić information content (AvgIpc) is 2.84. The van der Waals surface area contributed by atoms with Crippen molar-refractivity contribution in [3.8, 4) is 0 Å². The molecule has 1 aromatic carbocycles. The van der Waals surface area contributed by atoms with Crippen molar-refractivity contribution in [3.05, 3.63) is 34.4 Å². The summed E-state index contributed by atoms with van der Waals surface area (Å²) in [6.07, 6.45) is -0.385. The number of benzene rings is 1. The van der Waals surface area contributed by atoms with E-state index in [2.05, 4.69) is 10.6 Å². The van der Waals surface area contributed by atoms with Crippen LogP contribution in [0.4, 0.5) is 21.0 Å². The Morgan fingerprint density at radius 3 is 2.68 bits per heavy atom. The first-order chi connectivity index (χ1) is 10.5. The van der Waals surface area contributed by atoms with E-state index in [0.29, 0.717) is 25.4 Å². The smallest absolute Gasteiger partial charge is 0.410 e. The summed E-state index contributed by atoms with van der Waals surface area (Å²) >= 11 is 0. The molecule has 2 N–H and O–H groups in total. The highest BCUT2D eigenvalue weighted by molar-refractivity contribution is 5.89. The van der Waals surface area contributed by atoms with Gasteiger partial charge in [-0.3, -0.25) is 10.1 Å². The van der Waals surface area contributed by atoms with E-state index in [0.717, 1.165) is 0 Å². The zero-order valence-electron chi connectivity index (χ0n) is 11.9. The van der Waals surface area contributed by atoms with Gasteiger partial charge in [0, 0.05) is 30.4 Å². The molecule has 1 aromatic rings. The second-order valence-corrected chi connectivity index (χ2v) is 4.86. The fourth-order valence-electron chi connectivity index (χ4n) is 2.03. The fourth-order valence-corrected chi connectivity index (χ4v) is 2.03. The van der Waals surface area contributed by atoms with E-state index >= 15 is 0 Å². The number of carbonyl (C=O) groups excluding carboxylic acids is 2. The number of amides is 3. The van der Waals surface area contributed by atoms with Gasteiger partial charge in [0.15, 0.2) is 0 Å². The van der Waals surface area contributed by atoms with Crippen molar-refractivity contribution in [1.29, 1.82) is 0 Å². The van der Waals surface area contributed by atoms with E-state index in [1.807, 2.05) is 0 Å². The van der Waals surface area contributed by atoms with Gasteiger partial charge < -0.3 is 20.3 Å². The molecular weight excluding hydrogens is 292 g/mol. The van der Waals surface area contributed by atoms with Gasteiger partial charge in [-0.2, -0.15) is 0 Å². The number of nitrogens with zero attached hydrogens (tertiary/aromatic N) is 2. The number of hydrogen-bond acceptors (Lipinski definition) is 5. The molecule has 0 radical (unpaired) electrons. The Morgan fingerprint density at radius 1 is 1.45 bits per heavy atom. The van der Waals surface area contributed by atoms with Crippen LogP contribution < -0.4 is 10.6 Å². The van der Waals surface area contributed by atoms with Crippen molar-refractivity contribution in [3.63, 3.8) is 0 Å². The molecule has 1 saturated heterocycles. The molecule has 0 aliphatic carbocycles. The van der Waals surface area contributed by atoms with E-state index in [4.69, 9.17) is 4.74 Å². The van der Waals surface area contributed by atoms with Gasteiger partial charge in [0.05, 0.1) is 11.5 Å². The molecule has 0 unspecified atom stereocenters. The van der Waals surface area contributed by atoms with Crippen molar-refractivity contribution in [2.75, 3.05) is 25.0 Å². The standard InChI is InChI=1S/C13H16N4O5/c1-9(8-16-6-7-22-13(16)19)14-12(18)15-10-2-4-11(5-3-10)17(20)21/h2-5,9H,6-8H2,1H3,(H2,14,15,18)/t9-/m0/s1. The molecule has 3 amide bonds. The van der Waals surface area contributed by atoms with E-state index < -0.39 is 11.0 Å². The first-order valence-electron chi connectivity index (χ1n) is 6.69. The highest BCUT2D eigenvalue weighted by atomic mass is 16.6. The van der Waals surface area contributed by atoms with Crippen LogP contribution >= 0.6 is 0 Å². The van der Waals surface area contributed by atoms with Crippen LogP contribution in [0.2, 0.25) is 0 Å². The maximum Gasteiger partial charge on any atom is 0.410 e. The third kappa shape index (κ3) is 4.08. The van der Waals surface area contributed by atoms with Crippen LogP contribution in [0.15, 0.2) is 24.3 Å². The number of non-ortho nitro benzene ring substituents is 1. The minimum absolute atomic E-state index is 0.0492. The number of nitro groups is 1. The van der Waals surface area contributed by atoms with Crippen molar-refractivity contribution in [2.24, 2.45) is 0 Å². The van der Waals surface area contributed by atoms with Gasteiger partial charge >= 0.3 is 12.1 Å². The largest absolute Gasteiger partial charge is 0.448 e. The number of rotatable bonds is 5. The van der Waals surface area contributed by atoms with E-state index in [1.54, 1.807) is 6.92 Å². The highest BCUT2D eigenvalue weighted by Gasteiger charge is 2.24. The molecule has 1 fully saturated rings. The SMILES string of the molecule is C[C@@H](CN1CCOC1=O)NC(=O)Nc1ccc([N+](=O)[O-])cc1. The quantitative estimate of drug-likeness (QED) is 0.633. The van der Waals surface area contributed by atoms with Crippen LogP contribution in [0.3, 0.4) is 0 Å². The molecule has 1 aliphatic rings. The first-order valence-corrected chi connectivity index (χ1v) is 6.69. The van der Waals surface area contributed by atoms with Crippen LogP contribution in [0.25, 0.3) is 0 Å². The van der Waals surface area contributed by atoms with Gasteiger partial charge in [-0.1, -0.05) is 0 Å². The number of anilines is 1. The molecule has 0 saturated carbocycles. The monoisotopic (exact) mass is 308 g/mol. The van der Waals surface area contributed by atoms with Gasteiger partial charge in [0.2, 0.25) is 0 Å². The lowest BCUT2D eigenvalue weighted by atomic mass is 10.3. The predicted octanol–water partition coefficient (Wildman–Crippen LogP) is 1.56. The Morgan fingerprint density at radius 2 is 2.14 bits per heavy atom. The lowest BCUT2D eigenvalue weighted by Crippen LogP contribution is -2.44. The number of urea groups is 1. The summed E-state index contributed by atoms with van der Waals surface area (Å²) in [7, 11) is 0. The minimum atomic E-state index is -0.513. The van der Waals surface area contributed by atoms with E-state index in [-0.39, 0.29) is 17.8 Å². The molecule has 9 heteroatoms. The second kappa shape index (κ2) is 6.74. The summed E-state index contributed by atoms with van der Waals surface area (Å²) in [4.78, 5) is 34.6. The molecule has 0 aromatic heterocycles. The number of cyclic esters (lactones) is 1. The highest BCUT2D eigenvalue weighted by Crippen LogP contribution is 2.15. The van der Waals surface area contributed by atoms with Gasteiger partial charge in [-0.15, -0.1) is 0 Å². The molecule has 22 heavy (non-hydrogen) atoms. The Kier molecular flexibility index (Phi) is 4.77. The summed E-state index contributed by atoms with van der Waals surface area (Å²) in [6, 6.07) is 4.79. The third-order valence-corrected chi connectivity index (χ3v) is 3.05. The van der Waals surface area contributed by atoms with Gasteiger partial charge in [-0.05, 0) is 19.1 Å². The number of hydrogen-bond donors (Lipinski definition) is 2. The lowest BCUT2D eigenvalue weighted by molar-refractivity contribution is -0.384. The molecule has 2 rings (SSSR count). The predicted molar refractivity (Wildman–Crippen MR) is 77.6 cm³/mol. The number of carbonyl (C=O) groups is 2. The maximum absolute atomic E-state index is 11.8. The van der Waals surface area contributed by atoms with Gasteiger partial charge in [-0.25, -0.2) is 9.59 Å². The Bertz CT molecular complexity index is 574. The third-order valence-electron chi connectivity index (χ3n) is 3.05. The van der Waals surface area contributed by atoms with Gasteiger partial charge in [0.1, 0.15) is 6.61 Å². The van der Waals surface area contributed by atoms with Crippen LogP contribution in [-0.2, 0) is 4.74 Å². The van der Waals surface area contributed by atoms with Crippen molar-refractivity contribution in [2.45, 2.75) is 13.0 Å². The number of nitrogens with one attached hydrogen (secondary N) is 2. The zero-order chi connectivity index (χ0) is 16.1. The number of nitro benzene ring substituents is 1. The van der Waals surface area contributed by atoms with Crippen molar-refractivity contribution >= 4 is 23.5 Å². The van der Waals surface area contributed by atoms with Crippen LogP contribution in [0.1, 0.15) is 6.92 Å². The molecule has 0 bridgehead atoms.